The minimum Gasteiger partial charge on any atom is -0.493 e. The van der Waals surface area contributed by atoms with Crippen LogP contribution in [0.25, 0.3) is 22.4 Å². The third-order valence-electron chi connectivity index (χ3n) is 5.34. The number of nitriles is 1. The molecule has 0 aliphatic carbocycles. The van der Waals surface area contributed by atoms with Crippen LogP contribution in [0.1, 0.15) is 16.7 Å². The van der Waals surface area contributed by atoms with Crippen molar-refractivity contribution in [2.24, 2.45) is 0 Å². The highest BCUT2D eigenvalue weighted by Gasteiger charge is 2.12. The number of nitrogens with zero attached hydrogens (tertiary/aromatic N) is 1. The second-order valence-electron chi connectivity index (χ2n) is 7.35. The Kier molecular flexibility index (Phi) is 6.97. The Balaban J connectivity index is 1.78. The van der Waals surface area contributed by atoms with Crippen LogP contribution in [0.15, 0.2) is 83.3 Å². The zero-order valence-corrected chi connectivity index (χ0v) is 19.9. The largest absolute Gasteiger partial charge is 0.493 e. The maximum Gasteiger partial charge on any atom is 0.161 e. The first kappa shape index (κ1) is 22.4. The highest BCUT2D eigenvalue weighted by molar-refractivity contribution is 9.10. The molecule has 4 aromatic rings. The highest BCUT2D eigenvalue weighted by Crippen LogP contribution is 2.35. The van der Waals surface area contributed by atoms with E-state index in [9.17, 15) is 5.26 Å². The van der Waals surface area contributed by atoms with Crippen molar-refractivity contribution in [3.63, 3.8) is 0 Å². The SMILES string of the molecule is COc1ccc(/C(C#N)=C/c2c(OCc3ccc(Br)cc3)ccc3ccccc23)cc1OC. The van der Waals surface area contributed by atoms with Gasteiger partial charge in [-0.15, -0.1) is 0 Å². The van der Waals surface area contributed by atoms with Gasteiger partial charge in [0.1, 0.15) is 12.4 Å². The Labute approximate surface area is 201 Å². The summed E-state index contributed by atoms with van der Waals surface area (Å²) in [5.74, 6) is 1.90. The van der Waals surface area contributed by atoms with Crippen LogP contribution in [0.2, 0.25) is 0 Å². The molecule has 164 valence electrons. The molecular weight excluding hydrogens is 478 g/mol. The first-order valence-corrected chi connectivity index (χ1v) is 11.2. The fourth-order valence-electron chi connectivity index (χ4n) is 3.62. The molecule has 0 bridgehead atoms. The van der Waals surface area contributed by atoms with E-state index < -0.39 is 0 Å². The molecular formula is C28H22BrNO3. The Morgan fingerprint density at radius 2 is 1.61 bits per heavy atom. The number of hydrogen-bond acceptors (Lipinski definition) is 4. The number of methoxy groups -OCH3 is 2. The van der Waals surface area contributed by atoms with Gasteiger partial charge >= 0.3 is 0 Å². The van der Waals surface area contributed by atoms with Crippen molar-refractivity contribution in [2.45, 2.75) is 6.61 Å². The molecule has 0 fully saturated rings. The van der Waals surface area contributed by atoms with Gasteiger partial charge in [0.25, 0.3) is 0 Å². The number of ether oxygens (including phenoxy) is 3. The summed E-state index contributed by atoms with van der Waals surface area (Å²) in [6.07, 6.45) is 1.88. The van der Waals surface area contributed by atoms with Crippen molar-refractivity contribution in [3.8, 4) is 23.3 Å². The molecule has 0 radical (unpaired) electrons. The van der Waals surface area contributed by atoms with Gasteiger partial charge in [-0.05, 0) is 64.4 Å². The molecule has 4 nitrogen and oxygen atoms in total. The summed E-state index contributed by atoms with van der Waals surface area (Å²) in [4.78, 5) is 0. The number of rotatable bonds is 7. The first-order chi connectivity index (χ1) is 16.1. The predicted octanol–water partition coefficient (Wildman–Crippen LogP) is 7.26. The van der Waals surface area contributed by atoms with E-state index in [1.54, 1.807) is 26.4 Å². The lowest BCUT2D eigenvalue weighted by Crippen LogP contribution is -1.98. The molecule has 0 spiro atoms. The van der Waals surface area contributed by atoms with Crippen molar-refractivity contribution in [1.82, 2.24) is 0 Å². The van der Waals surface area contributed by atoms with Gasteiger partial charge in [0.15, 0.2) is 11.5 Å². The molecule has 5 heteroatoms. The van der Waals surface area contributed by atoms with Crippen LogP contribution in [-0.2, 0) is 6.61 Å². The van der Waals surface area contributed by atoms with Crippen LogP contribution in [0.4, 0.5) is 0 Å². The lowest BCUT2D eigenvalue weighted by atomic mass is 9.98. The molecule has 0 amide bonds. The summed E-state index contributed by atoms with van der Waals surface area (Å²) < 4.78 is 18.0. The fraction of sp³-hybridized carbons (Fsp3) is 0.107. The van der Waals surface area contributed by atoms with E-state index in [2.05, 4.69) is 22.0 Å². The fourth-order valence-corrected chi connectivity index (χ4v) is 3.88. The van der Waals surface area contributed by atoms with Gasteiger partial charge in [0.05, 0.1) is 25.9 Å². The van der Waals surface area contributed by atoms with Gasteiger partial charge in [-0.2, -0.15) is 5.26 Å². The summed E-state index contributed by atoms with van der Waals surface area (Å²) in [6.45, 7) is 0.421. The second kappa shape index (κ2) is 10.2. The molecule has 0 unspecified atom stereocenters. The quantitative estimate of drug-likeness (QED) is 0.198. The third kappa shape index (κ3) is 5.02. The normalized spacial score (nSPS) is 11.2. The van der Waals surface area contributed by atoms with E-state index in [0.29, 0.717) is 29.4 Å². The summed E-state index contributed by atoms with van der Waals surface area (Å²) in [5.41, 5.74) is 3.15. The smallest absolute Gasteiger partial charge is 0.161 e. The van der Waals surface area contributed by atoms with Crippen LogP contribution in [0.5, 0.6) is 17.2 Å². The number of hydrogen-bond donors (Lipinski definition) is 0. The highest BCUT2D eigenvalue weighted by atomic mass is 79.9. The Morgan fingerprint density at radius 3 is 2.33 bits per heavy atom. The lowest BCUT2D eigenvalue weighted by Gasteiger charge is -2.13. The lowest BCUT2D eigenvalue weighted by molar-refractivity contribution is 0.306. The van der Waals surface area contributed by atoms with Gasteiger partial charge < -0.3 is 14.2 Å². The molecule has 0 aliphatic heterocycles. The zero-order chi connectivity index (χ0) is 23.2. The van der Waals surface area contributed by atoms with Gasteiger partial charge in [-0.25, -0.2) is 0 Å². The standard InChI is InChI=1S/C28H22BrNO3/c1-31-27-14-10-21(16-28(27)32-2)22(17-30)15-25-24-6-4-3-5-20(24)9-13-26(25)33-18-19-7-11-23(29)12-8-19/h3-16H,18H2,1-2H3/b22-15+. The van der Waals surface area contributed by atoms with Gasteiger partial charge in [0.2, 0.25) is 0 Å². The molecule has 0 aliphatic rings. The maximum atomic E-state index is 9.99. The van der Waals surface area contributed by atoms with Gasteiger partial charge in [-0.1, -0.05) is 58.4 Å². The average Bonchev–Trinajstić information content (AvgIpc) is 2.86. The molecule has 0 saturated carbocycles. The molecule has 0 aromatic heterocycles. The van der Waals surface area contributed by atoms with Crippen molar-refractivity contribution >= 4 is 38.4 Å². The van der Waals surface area contributed by atoms with Crippen molar-refractivity contribution in [2.75, 3.05) is 14.2 Å². The number of allylic oxidation sites excluding steroid dienone is 1. The van der Waals surface area contributed by atoms with Gasteiger partial charge in [0, 0.05) is 10.0 Å². The minimum absolute atomic E-state index is 0.421. The molecule has 33 heavy (non-hydrogen) atoms. The van der Waals surface area contributed by atoms with Crippen molar-refractivity contribution in [3.05, 3.63) is 100 Å². The second-order valence-corrected chi connectivity index (χ2v) is 8.27. The molecule has 4 aromatic carbocycles. The van der Waals surface area contributed by atoms with E-state index in [1.807, 2.05) is 72.8 Å². The van der Waals surface area contributed by atoms with Crippen LogP contribution in [-0.4, -0.2) is 14.2 Å². The monoisotopic (exact) mass is 499 g/mol. The first-order valence-electron chi connectivity index (χ1n) is 10.4. The van der Waals surface area contributed by atoms with E-state index in [4.69, 9.17) is 14.2 Å². The third-order valence-corrected chi connectivity index (χ3v) is 5.87. The molecule has 4 rings (SSSR count). The van der Waals surface area contributed by atoms with Crippen LogP contribution in [0.3, 0.4) is 0 Å². The number of halogens is 1. The van der Waals surface area contributed by atoms with Crippen LogP contribution >= 0.6 is 15.9 Å². The predicted molar refractivity (Wildman–Crippen MR) is 135 cm³/mol. The maximum absolute atomic E-state index is 9.99. The zero-order valence-electron chi connectivity index (χ0n) is 18.3. The van der Waals surface area contributed by atoms with Crippen molar-refractivity contribution in [1.29, 1.82) is 5.26 Å². The number of fused-ring (bicyclic) bond motifs is 1. The van der Waals surface area contributed by atoms with Crippen molar-refractivity contribution < 1.29 is 14.2 Å². The summed E-state index contributed by atoms with van der Waals surface area (Å²) in [5, 5.41) is 12.1. The molecule has 0 atom stereocenters. The Morgan fingerprint density at radius 1 is 0.879 bits per heavy atom. The summed E-state index contributed by atoms with van der Waals surface area (Å²) in [6, 6.07) is 27.9. The van der Waals surface area contributed by atoms with Crippen LogP contribution < -0.4 is 14.2 Å². The van der Waals surface area contributed by atoms with E-state index in [1.165, 1.54) is 0 Å². The summed E-state index contributed by atoms with van der Waals surface area (Å²) in [7, 11) is 3.17. The minimum atomic E-state index is 0.421. The average molecular weight is 500 g/mol. The van der Waals surface area contributed by atoms with Crippen LogP contribution in [0, 0.1) is 11.3 Å². The Bertz CT molecular complexity index is 1350. The van der Waals surface area contributed by atoms with E-state index in [0.717, 1.165) is 31.9 Å². The number of benzene rings is 4. The van der Waals surface area contributed by atoms with Gasteiger partial charge in [-0.3, -0.25) is 0 Å². The van der Waals surface area contributed by atoms with E-state index in [-0.39, 0.29) is 0 Å². The Hall–Kier alpha value is -3.75. The molecule has 0 N–H and O–H groups in total. The van der Waals surface area contributed by atoms with E-state index >= 15 is 0 Å². The molecule has 0 saturated heterocycles. The summed E-state index contributed by atoms with van der Waals surface area (Å²) >= 11 is 3.46. The topological polar surface area (TPSA) is 51.5 Å². The molecule has 0 heterocycles.